The van der Waals surface area contributed by atoms with Crippen molar-refractivity contribution in [1.29, 1.82) is 0 Å². The molecule has 0 bridgehead atoms. The van der Waals surface area contributed by atoms with Crippen LogP contribution in [0.2, 0.25) is 0 Å². The van der Waals surface area contributed by atoms with E-state index in [1.54, 1.807) is 11.4 Å². The molecule has 0 radical (unpaired) electrons. The molecule has 7 heteroatoms. The van der Waals surface area contributed by atoms with E-state index in [-0.39, 0.29) is 5.41 Å². The number of nitrogens with two attached hydrogens (primary N) is 1. The first-order chi connectivity index (χ1) is 8.24. The van der Waals surface area contributed by atoms with E-state index in [4.69, 9.17) is 5.73 Å². The van der Waals surface area contributed by atoms with E-state index in [0.717, 1.165) is 0 Å². The summed E-state index contributed by atoms with van der Waals surface area (Å²) in [7, 11) is -3.43. The van der Waals surface area contributed by atoms with E-state index >= 15 is 0 Å². The molecule has 2 N–H and O–H groups in total. The molecule has 0 saturated carbocycles. The molecule has 0 aliphatic carbocycles. The zero-order valence-electron chi connectivity index (χ0n) is 10.8. The maximum atomic E-state index is 12.5. The third-order valence-electron chi connectivity index (χ3n) is 2.67. The van der Waals surface area contributed by atoms with E-state index in [0.29, 0.717) is 28.3 Å². The summed E-state index contributed by atoms with van der Waals surface area (Å²) in [6.45, 7) is 7.09. The standard InChI is InChI=1S/C11H19BrN2O2S2/c1-4-14(8-11(2,3)7-13)18(15,16)10-9(12)5-6-17-10/h5-6H,4,7-8,13H2,1-3H3. The lowest BCUT2D eigenvalue weighted by atomic mass is 9.94. The van der Waals surface area contributed by atoms with Gasteiger partial charge in [-0.3, -0.25) is 0 Å². The predicted octanol–water partition coefficient (Wildman–Crippen LogP) is 2.51. The topological polar surface area (TPSA) is 63.4 Å². The van der Waals surface area contributed by atoms with Gasteiger partial charge in [-0.25, -0.2) is 8.42 Å². The van der Waals surface area contributed by atoms with E-state index < -0.39 is 10.0 Å². The number of thiophene rings is 1. The van der Waals surface area contributed by atoms with Crippen molar-refractivity contribution in [2.45, 2.75) is 25.0 Å². The van der Waals surface area contributed by atoms with E-state index in [9.17, 15) is 8.42 Å². The Morgan fingerprint density at radius 3 is 2.50 bits per heavy atom. The van der Waals surface area contributed by atoms with Crippen LogP contribution in [-0.4, -0.2) is 32.4 Å². The molecule has 0 atom stereocenters. The Balaban J connectivity index is 3.06. The molecule has 1 aromatic heterocycles. The smallest absolute Gasteiger partial charge is 0.253 e. The van der Waals surface area contributed by atoms with E-state index in [1.165, 1.54) is 15.6 Å². The van der Waals surface area contributed by atoms with Crippen molar-refractivity contribution < 1.29 is 8.42 Å². The van der Waals surface area contributed by atoms with Gasteiger partial charge in [0.2, 0.25) is 0 Å². The summed E-state index contributed by atoms with van der Waals surface area (Å²) >= 11 is 4.50. The molecule has 1 heterocycles. The van der Waals surface area contributed by atoms with Gasteiger partial charge in [-0.1, -0.05) is 20.8 Å². The zero-order chi connectivity index (χ0) is 14.0. The second-order valence-electron chi connectivity index (χ2n) is 4.86. The van der Waals surface area contributed by atoms with Crippen molar-refractivity contribution in [2.75, 3.05) is 19.6 Å². The summed E-state index contributed by atoms with van der Waals surface area (Å²) in [6, 6.07) is 1.75. The van der Waals surface area contributed by atoms with Crippen LogP contribution < -0.4 is 5.73 Å². The van der Waals surface area contributed by atoms with Crippen molar-refractivity contribution in [3.8, 4) is 0 Å². The number of hydrogen-bond donors (Lipinski definition) is 1. The number of halogens is 1. The maximum absolute atomic E-state index is 12.5. The molecule has 0 unspecified atom stereocenters. The van der Waals surface area contributed by atoms with Gasteiger partial charge in [0.1, 0.15) is 4.21 Å². The first kappa shape index (κ1) is 16.1. The summed E-state index contributed by atoms with van der Waals surface area (Å²) in [5.41, 5.74) is 5.44. The van der Waals surface area contributed by atoms with Gasteiger partial charge in [-0.05, 0) is 39.3 Å². The fourth-order valence-electron chi connectivity index (χ4n) is 1.49. The van der Waals surface area contributed by atoms with Crippen molar-refractivity contribution in [1.82, 2.24) is 4.31 Å². The van der Waals surface area contributed by atoms with Crippen LogP contribution in [0, 0.1) is 5.41 Å². The van der Waals surface area contributed by atoms with Gasteiger partial charge in [0.05, 0.1) is 0 Å². The highest BCUT2D eigenvalue weighted by Crippen LogP contribution is 2.31. The summed E-state index contributed by atoms with van der Waals surface area (Å²) < 4.78 is 27.5. The summed E-state index contributed by atoms with van der Waals surface area (Å²) in [5.74, 6) is 0. The van der Waals surface area contributed by atoms with Crippen LogP contribution in [-0.2, 0) is 10.0 Å². The van der Waals surface area contributed by atoms with Gasteiger partial charge in [-0.2, -0.15) is 4.31 Å². The highest BCUT2D eigenvalue weighted by atomic mass is 79.9. The average Bonchev–Trinajstić information content (AvgIpc) is 2.73. The fraction of sp³-hybridized carbons (Fsp3) is 0.636. The van der Waals surface area contributed by atoms with Gasteiger partial charge in [0, 0.05) is 17.6 Å². The highest BCUT2D eigenvalue weighted by molar-refractivity contribution is 9.10. The molecule has 4 nitrogen and oxygen atoms in total. The van der Waals surface area contributed by atoms with E-state index in [2.05, 4.69) is 15.9 Å². The minimum absolute atomic E-state index is 0.229. The van der Waals surface area contributed by atoms with Gasteiger partial charge in [-0.15, -0.1) is 11.3 Å². The van der Waals surface area contributed by atoms with Crippen molar-refractivity contribution in [3.63, 3.8) is 0 Å². The normalized spacial score (nSPS) is 13.2. The fourth-order valence-corrected chi connectivity index (χ4v) is 5.58. The molecule has 0 aliphatic rings. The Hall–Kier alpha value is 0.0500. The van der Waals surface area contributed by atoms with Gasteiger partial charge < -0.3 is 5.73 Å². The van der Waals surface area contributed by atoms with Crippen LogP contribution in [0.15, 0.2) is 20.1 Å². The molecule has 0 aromatic carbocycles. The minimum atomic E-state index is -3.43. The van der Waals surface area contributed by atoms with Crippen LogP contribution >= 0.6 is 27.3 Å². The molecule has 1 rings (SSSR count). The number of nitrogens with zero attached hydrogens (tertiary/aromatic N) is 1. The largest absolute Gasteiger partial charge is 0.330 e. The first-order valence-corrected chi connectivity index (χ1v) is 8.79. The molecule has 1 aromatic rings. The van der Waals surface area contributed by atoms with Gasteiger partial charge >= 0.3 is 0 Å². The molecular weight excluding hydrogens is 336 g/mol. The monoisotopic (exact) mass is 354 g/mol. The van der Waals surface area contributed by atoms with Crippen molar-refractivity contribution >= 4 is 37.3 Å². The third-order valence-corrected chi connectivity index (χ3v) is 7.24. The van der Waals surface area contributed by atoms with Crippen LogP contribution in [0.1, 0.15) is 20.8 Å². The Morgan fingerprint density at radius 1 is 1.50 bits per heavy atom. The van der Waals surface area contributed by atoms with E-state index in [1.807, 2.05) is 20.8 Å². The second-order valence-corrected chi connectivity index (χ2v) is 8.76. The van der Waals surface area contributed by atoms with Crippen LogP contribution in [0.4, 0.5) is 0 Å². The Labute approximate surface area is 121 Å². The molecule has 0 spiro atoms. The zero-order valence-corrected chi connectivity index (χ0v) is 14.0. The maximum Gasteiger partial charge on any atom is 0.253 e. The predicted molar refractivity (Wildman–Crippen MR) is 79.3 cm³/mol. The van der Waals surface area contributed by atoms with Crippen LogP contribution in [0.25, 0.3) is 0 Å². The summed E-state index contributed by atoms with van der Waals surface area (Å²) in [4.78, 5) is 0. The lowest BCUT2D eigenvalue weighted by Gasteiger charge is -2.30. The Kier molecular flexibility index (Phi) is 5.37. The Morgan fingerprint density at radius 2 is 2.11 bits per heavy atom. The quantitative estimate of drug-likeness (QED) is 0.853. The van der Waals surface area contributed by atoms with Crippen molar-refractivity contribution in [2.24, 2.45) is 11.1 Å². The average molecular weight is 355 g/mol. The second kappa shape index (κ2) is 6.00. The lowest BCUT2D eigenvalue weighted by Crippen LogP contribution is -2.41. The summed E-state index contributed by atoms with van der Waals surface area (Å²) in [5, 5.41) is 1.76. The molecule has 18 heavy (non-hydrogen) atoms. The third kappa shape index (κ3) is 3.54. The number of sulfonamides is 1. The SMILES string of the molecule is CCN(CC(C)(C)CN)S(=O)(=O)c1sccc1Br. The van der Waals surface area contributed by atoms with Crippen LogP contribution in [0.5, 0.6) is 0 Å². The highest BCUT2D eigenvalue weighted by Gasteiger charge is 2.31. The Bertz CT molecular complexity index is 497. The van der Waals surface area contributed by atoms with Gasteiger partial charge in [0.25, 0.3) is 10.0 Å². The lowest BCUT2D eigenvalue weighted by molar-refractivity contribution is 0.273. The van der Waals surface area contributed by atoms with Gasteiger partial charge in [0.15, 0.2) is 0 Å². The molecule has 104 valence electrons. The van der Waals surface area contributed by atoms with Crippen molar-refractivity contribution in [3.05, 3.63) is 15.9 Å². The number of hydrogen-bond acceptors (Lipinski definition) is 4. The molecule has 0 saturated heterocycles. The summed E-state index contributed by atoms with van der Waals surface area (Å²) in [6.07, 6.45) is 0. The molecule has 0 fully saturated rings. The number of rotatable bonds is 6. The van der Waals surface area contributed by atoms with Crippen LogP contribution in [0.3, 0.4) is 0 Å². The molecule has 0 amide bonds. The minimum Gasteiger partial charge on any atom is -0.330 e. The first-order valence-electron chi connectivity index (χ1n) is 5.68. The molecular formula is C11H19BrN2O2S2. The molecule has 0 aliphatic heterocycles.